The Morgan fingerprint density at radius 1 is 0.516 bits per heavy atom. The van der Waals surface area contributed by atoms with Gasteiger partial charge >= 0.3 is 12.1 Å². The largest absolute Gasteiger partial charge is 0.336 e. The van der Waals surface area contributed by atoms with Crippen molar-refractivity contribution in [3.63, 3.8) is 0 Å². The van der Waals surface area contributed by atoms with Crippen molar-refractivity contribution in [1.82, 2.24) is 20.4 Å². The molecule has 4 aliphatic rings. The standard InChI is InChI=1S/C48H84N4O4.C6H12/c1-3-5-7-9-15-21-31-45-41(25-17-8-6-4-2)33-34-42(26-18-12-10-13-19-27-43(53)29-23-37-51-39-35-49-47(51)55)46(45)32-22-16-11-14-20-28-44(54)30-24-38-52-40-36-50-48(52)56;1-2-4-6-5-3-1/h15,21,33-34,41-42,45-46H,3-14,16-20,22-32,35-40H2,1-2H3,(H,49,55)(H,50,56);1-6H2. The van der Waals surface area contributed by atoms with E-state index >= 15 is 0 Å². The van der Waals surface area contributed by atoms with E-state index in [1.807, 2.05) is 9.80 Å². The van der Waals surface area contributed by atoms with Crippen molar-refractivity contribution in [3.05, 3.63) is 24.3 Å². The molecule has 8 nitrogen and oxygen atoms in total. The van der Waals surface area contributed by atoms with Crippen molar-refractivity contribution >= 4 is 23.6 Å². The first-order chi connectivity index (χ1) is 30.4. The summed E-state index contributed by atoms with van der Waals surface area (Å²) in [4.78, 5) is 52.0. The van der Waals surface area contributed by atoms with E-state index in [-0.39, 0.29) is 12.1 Å². The van der Waals surface area contributed by atoms with Crippen LogP contribution in [0.5, 0.6) is 0 Å². The Bertz CT molecular complexity index is 1240. The minimum atomic E-state index is 0.0101. The van der Waals surface area contributed by atoms with Gasteiger partial charge in [0.1, 0.15) is 11.6 Å². The highest BCUT2D eigenvalue weighted by Gasteiger charge is 2.34. The summed E-state index contributed by atoms with van der Waals surface area (Å²) in [5, 5.41) is 5.66. The number of carbonyl (C=O) groups excluding carboxylic acids is 4. The summed E-state index contributed by atoms with van der Waals surface area (Å²) in [6, 6.07) is 0.0209. The third-order valence-electron chi connectivity index (χ3n) is 14.3. The molecule has 62 heavy (non-hydrogen) atoms. The second-order valence-electron chi connectivity index (χ2n) is 19.5. The van der Waals surface area contributed by atoms with Crippen LogP contribution in [0.2, 0.25) is 0 Å². The van der Waals surface area contributed by atoms with Crippen molar-refractivity contribution in [2.24, 2.45) is 23.7 Å². The zero-order valence-corrected chi connectivity index (χ0v) is 40.4. The Morgan fingerprint density at radius 3 is 1.42 bits per heavy atom. The zero-order chi connectivity index (χ0) is 44.3. The fourth-order valence-corrected chi connectivity index (χ4v) is 10.5. The molecular formula is C54H96N4O4. The van der Waals surface area contributed by atoms with E-state index in [4.69, 9.17) is 0 Å². The summed E-state index contributed by atoms with van der Waals surface area (Å²) in [5.74, 6) is 3.56. The third-order valence-corrected chi connectivity index (χ3v) is 14.3. The van der Waals surface area contributed by atoms with Crippen LogP contribution in [-0.2, 0) is 9.59 Å². The molecule has 2 N–H and O–H groups in total. The van der Waals surface area contributed by atoms with Crippen molar-refractivity contribution in [2.75, 3.05) is 39.3 Å². The molecule has 4 amide bonds. The molecule has 2 aliphatic heterocycles. The molecule has 0 spiro atoms. The van der Waals surface area contributed by atoms with Gasteiger partial charge in [0, 0.05) is 65.0 Å². The Hall–Kier alpha value is -2.64. The van der Waals surface area contributed by atoms with E-state index in [9.17, 15) is 19.2 Å². The molecule has 1 saturated carbocycles. The SMILES string of the molecule is C1CCCCC1.CCCCCC=CCC1C(CCCCCC)C=CC(CCCCCCCC(=O)CCCN2CCNC2=O)C1CCCCCCCC(=O)CCCN1CCNC1=O. The first-order valence-corrected chi connectivity index (χ1v) is 26.8. The van der Waals surface area contributed by atoms with Crippen molar-refractivity contribution < 1.29 is 19.2 Å². The molecule has 0 bridgehead atoms. The van der Waals surface area contributed by atoms with Crippen molar-refractivity contribution in [2.45, 2.75) is 232 Å². The second-order valence-corrected chi connectivity index (χ2v) is 19.5. The number of allylic oxidation sites excluding steroid dienone is 4. The van der Waals surface area contributed by atoms with Crippen LogP contribution in [0.25, 0.3) is 0 Å². The predicted octanol–water partition coefficient (Wildman–Crippen LogP) is 14.1. The molecule has 0 aromatic carbocycles. The summed E-state index contributed by atoms with van der Waals surface area (Å²) in [7, 11) is 0. The van der Waals surface area contributed by atoms with Crippen molar-refractivity contribution in [1.29, 1.82) is 0 Å². The average Bonchev–Trinajstić information content (AvgIpc) is 3.90. The maximum atomic E-state index is 12.5. The van der Waals surface area contributed by atoms with Gasteiger partial charge in [0.25, 0.3) is 0 Å². The number of rotatable bonds is 35. The lowest BCUT2D eigenvalue weighted by Gasteiger charge is -2.40. The van der Waals surface area contributed by atoms with Crippen LogP contribution in [0.3, 0.4) is 0 Å². The van der Waals surface area contributed by atoms with Gasteiger partial charge in [-0.1, -0.05) is 167 Å². The van der Waals surface area contributed by atoms with Gasteiger partial charge in [-0.05, 0) is 87.9 Å². The van der Waals surface area contributed by atoms with Gasteiger partial charge in [-0.25, -0.2) is 9.59 Å². The summed E-state index contributed by atoms with van der Waals surface area (Å²) >= 11 is 0. The number of nitrogens with zero attached hydrogens (tertiary/aromatic N) is 2. The maximum Gasteiger partial charge on any atom is 0.317 e. The molecule has 356 valence electrons. The molecular weight excluding hydrogens is 769 g/mol. The predicted molar refractivity (Wildman–Crippen MR) is 261 cm³/mol. The van der Waals surface area contributed by atoms with Crippen LogP contribution in [0.1, 0.15) is 232 Å². The fourth-order valence-electron chi connectivity index (χ4n) is 10.5. The summed E-state index contributed by atoms with van der Waals surface area (Å²) < 4.78 is 0. The Balaban J connectivity index is 0.00000156. The topological polar surface area (TPSA) is 98.8 Å². The van der Waals surface area contributed by atoms with E-state index in [0.29, 0.717) is 62.2 Å². The van der Waals surface area contributed by atoms with Crippen LogP contribution < -0.4 is 10.6 Å². The average molecular weight is 865 g/mol. The van der Waals surface area contributed by atoms with Gasteiger partial charge in [-0.2, -0.15) is 0 Å². The van der Waals surface area contributed by atoms with E-state index in [1.165, 1.54) is 154 Å². The third kappa shape index (κ3) is 24.4. The summed E-state index contributed by atoms with van der Waals surface area (Å²) in [6.07, 6.45) is 50.8. The number of nitrogens with one attached hydrogen (secondary N) is 2. The highest BCUT2D eigenvalue weighted by atomic mass is 16.2. The number of carbonyl (C=O) groups is 4. The lowest BCUT2D eigenvalue weighted by atomic mass is 9.65. The van der Waals surface area contributed by atoms with E-state index in [1.54, 1.807) is 0 Å². The zero-order valence-electron chi connectivity index (χ0n) is 40.4. The second kappa shape index (κ2) is 35.7. The first kappa shape index (κ1) is 53.7. The van der Waals surface area contributed by atoms with Gasteiger partial charge in [-0.3, -0.25) is 9.59 Å². The number of urea groups is 2. The molecule has 4 atom stereocenters. The number of unbranched alkanes of at least 4 members (excludes halogenated alkanes) is 14. The number of hydrogen-bond donors (Lipinski definition) is 2. The number of amides is 4. The maximum absolute atomic E-state index is 12.5. The van der Waals surface area contributed by atoms with Crippen LogP contribution in [0, 0.1) is 23.7 Å². The molecule has 4 unspecified atom stereocenters. The van der Waals surface area contributed by atoms with Crippen LogP contribution in [0.15, 0.2) is 24.3 Å². The van der Waals surface area contributed by atoms with Crippen LogP contribution >= 0.6 is 0 Å². The molecule has 4 rings (SSSR count). The molecule has 0 aromatic heterocycles. The van der Waals surface area contributed by atoms with Gasteiger partial charge < -0.3 is 20.4 Å². The molecule has 8 heteroatoms. The van der Waals surface area contributed by atoms with Crippen LogP contribution in [0.4, 0.5) is 9.59 Å². The number of hydrogen-bond acceptors (Lipinski definition) is 4. The quantitative estimate of drug-likeness (QED) is 0.0490. The molecule has 2 heterocycles. The molecule has 2 aliphatic carbocycles. The summed E-state index contributed by atoms with van der Waals surface area (Å²) in [6.45, 7) is 8.94. The highest BCUT2D eigenvalue weighted by Crippen LogP contribution is 2.44. The normalized spacial score (nSPS) is 21.3. The van der Waals surface area contributed by atoms with E-state index < -0.39 is 0 Å². The van der Waals surface area contributed by atoms with E-state index in [2.05, 4.69) is 48.8 Å². The first-order valence-electron chi connectivity index (χ1n) is 26.8. The monoisotopic (exact) mass is 865 g/mol. The molecule has 0 aromatic rings. The van der Waals surface area contributed by atoms with Crippen LogP contribution in [-0.4, -0.2) is 72.7 Å². The van der Waals surface area contributed by atoms with Gasteiger partial charge in [0.15, 0.2) is 0 Å². The fraction of sp³-hybridized carbons (Fsp3) is 0.852. The minimum Gasteiger partial charge on any atom is -0.336 e. The molecule has 2 saturated heterocycles. The lowest BCUT2D eigenvalue weighted by Crippen LogP contribution is -2.31. The highest BCUT2D eigenvalue weighted by molar-refractivity contribution is 5.79. The lowest BCUT2D eigenvalue weighted by molar-refractivity contribution is -0.120. The van der Waals surface area contributed by atoms with Gasteiger partial charge in [0.2, 0.25) is 0 Å². The van der Waals surface area contributed by atoms with Gasteiger partial charge in [-0.15, -0.1) is 0 Å². The minimum absolute atomic E-state index is 0.0101. The Labute approximate surface area is 381 Å². The van der Waals surface area contributed by atoms with Crippen molar-refractivity contribution in [3.8, 4) is 0 Å². The number of Topliss-reactive ketones (excluding diaryl/α,β-unsaturated/α-hetero) is 2. The number of ketones is 2. The van der Waals surface area contributed by atoms with E-state index in [0.717, 1.165) is 76.5 Å². The molecule has 3 fully saturated rings. The Kier molecular flexibility index (Phi) is 30.9. The Morgan fingerprint density at radius 2 is 0.935 bits per heavy atom. The summed E-state index contributed by atoms with van der Waals surface area (Å²) in [5.41, 5.74) is 0. The van der Waals surface area contributed by atoms with Gasteiger partial charge in [0.05, 0.1) is 0 Å². The molecule has 0 radical (unpaired) electrons. The smallest absolute Gasteiger partial charge is 0.317 e.